The lowest BCUT2D eigenvalue weighted by atomic mass is 9.80. The van der Waals surface area contributed by atoms with Crippen molar-refractivity contribution in [1.29, 1.82) is 0 Å². The molecule has 0 spiro atoms. The fourth-order valence-electron chi connectivity index (χ4n) is 4.37. The van der Waals surface area contributed by atoms with Gasteiger partial charge in [-0.1, -0.05) is 29.8 Å². The fourth-order valence-corrected chi connectivity index (χ4v) is 5.28. The summed E-state index contributed by atoms with van der Waals surface area (Å²) in [5, 5.41) is 15.8. The van der Waals surface area contributed by atoms with Crippen LogP contribution in [0.2, 0.25) is 0 Å². The number of alkyl halides is 1. The van der Waals surface area contributed by atoms with Crippen LogP contribution in [-0.4, -0.2) is 19.7 Å². The second-order valence-electron chi connectivity index (χ2n) is 7.46. The number of nitrogens with one attached hydrogen (secondary N) is 1. The molecule has 0 radical (unpaired) electrons. The zero-order chi connectivity index (χ0) is 18.4. The Morgan fingerprint density at radius 2 is 1.81 bits per heavy atom. The third kappa shape index (κ3) is 3.10. The minimum absolute atomic E-state index is 0.326. The van der Waals surface area contributed by atoms with Gasteiger partial charge in [-0.05, 0) is 44.2 Å². The third-order valence-electron chi connectivity index (χ3n) is 5.79. The van der Waals surface area contributed by atoms with Gasteiger partial charge in [0.25, 0.3) is 0 Å². The standard InChI is InChI=1S/C20H22ClN5S/c1-12-23-16(11-27-12)13-6-8-14(9-7-13)19-24-25-20-18(21)22-10-15-4-2-3-5-17(15)26(19)20/h2-5,11,13-14,18,22H,6-10H2,1H3/t13-,14-,18?. The molecule has 0 bridgehead atoms. The summed E-state index contributed by atoms with van der Waals surface area (Å²) < 4.78 is 2.20. The van der Waals surface area contributed by atoms with Gasteiger partial charge in [-0.25, -0.2) is 4.98 Å². The Bertz CT molecular complexity index is 957. The molecule has 2 aromatic heterocycles. The Labute approximate surface area is 167 Å². The number of hydrogen-bond acceptors (Lipinski definition) is 5. The highest BCUT2D eigenvalue weighted by Gasteiger charge is 2.32. The van der Waals surface area contributed by atoms with Crippen molar-refractivity contribution in [2.75, 3.05) is 0 Å². The Morgan fingerprint density at radius 3 is 2.59 bits per heavy atom. The molecule has 0 saturated heterocycles. The molecule has 1 saturated carbocycles. The number of fused-ring (bicyclic) bond motifs is 3. The molecule has 1 aromatic carbocycles. The van der Waals surface area contributed by atoms with Crippen LogP contribution < -0.4 is 5.32 Å². The molecule has 0 amide bonds. The number of para-hydroxylation sites is 1. The minimum Gasteiger partial charge on any atom is -0.291 e. The van der Waals surface area contributed by atoms with Crippen LogP contribution in [0.1, 0.15) is 70.9 Å². The first-order valence-electron chi connectivity index (χ1n) is 9.53. The molecule has 1 aliphatic heterocycles. The lowest BCUT2D eigenvalue weighted by molar-refractivity contribution is 0.378. The summed E-state index contributed by atoms with van der Waals surface area (Å²) in [7, 11) is 0. The quantitative estimate of drug-likeness (QED) is 0.496. The molecule has 5 nitrogen and oxygen atoms in total. The molecule has 1 N–H and O–H groups in total. The van der Waals surface area contributed by atoms with Crippen LogP contribution >= 0.6 is 22.9 Å². The van der Waals surface area contributed by atoms with Crippen LogP contribution in [0.4, 0.5) is 0 Å². The molecule has 2 aliphatic rings. The maximum atomic E-state index is 6.56. The predicted octanol–water partition coefficient (Wildman–Crippen LogP) is 4.81. The summed E-state index contributed by atoms with van der Waals surface area (Å²) in [6, 6.07) is 8.43. The highest BCUT2D eigenvalue weighted by Crippen LogP contribution is 2.41. The lowest BCUT2D eigenvalue weighted by Gasteiger charge is -2.27. The van der Waals surface area contributed by atoms with E-state index in [1.165, 1.54) is 11.3 Å². The largest absolute Gasteiger partial charge is 0.291 e. The first-order chi connectivity index (χ1) is 13.2. The van der Waals surface area contributed by atoms with E-state index in [0.717, 1.165) is 54.6 Å². The Kier molecular flexibility index (Phi) is 4.50. The lowest BCUT2D eigenvalue weighted by Crippen LogP contribution is -2.17. The van der Waals surface area contributed by atoms with E-state index >= 15 is 0 Å². The molecule has 27 heavy (non-hydrogen) atoms. The maximum Gasteiger partial charge on any atom is 0.170 e. The van der Waals surface area contributed by atoms with E-state index in [9.17, 15) is 0 Å². The minimum atomic E-state index is -0.326. The topological polar surface area (TPSA) is 55.6 Å². The van der Waals surface area contributed by atoms with Crippen LogP contribution in [0.15, 0.2) is 29.6 Å². The number of aryl methyl sites for hydroxylation is 1. The van der Waals surface area contributed by atoms with E-state index in [-0.39, 0.29) is 5.50 Å². The second kappa shape index (κ2) is 7.00. The maximum absolute atomic E-state index is 6.56. The number of halogens is 1. The van der Waals surface area contributed by atoms with Crippen molar-refractivity contribution >= 4 is 22.9 Å². The molecule has 3 heterocycles. The van der Waals surface area contributed by atoms with Gasteiger partial charge >= 0.3 is 0 Å². The van der Waals surface area contributed by atoms with Crippen molar-refractivity contribution in [3.63, 3.8) is 0 Å². The average molecular weight is 400 g/mol. The van der Waals surface area contributed by atoms with Gasteiger partial charge in [0.2, 0.25) is 0 Å². The Morgan fingerprint density at radius 1 is 1.07 bits per heavy atom. The normalized spacial score (nSPS) is 24.9. The van der Waals surface area contributed by atoms with E-state index in [2.05, 4.69) is 56.7 Å². The van der Waals surface area contributed by atoms with E-state index in [1.807, 2.05) is 0 Å². The number of benzene rings is 1. The van der Waals surface area contributed by atoms with Crippen LogP contribution in [0, 0.1) is 6.92 Å². The highest BCUT2D eigenvalue weighted by atomic mass is 35.5. The molecular weight excluding hydrogens is 378 g/mol. The molecule has 1 unspecified atom stereocenters. The molecule has 5 rings (SSSR count). The molecular formula is C20H22ClN5S. The van der Waals surface area contributed by atoms with Gasteiger partial charge in [-0.2, -0.15) is 0 Å². The van der Waals surface area contributed by atoms with Crippen molar-refractivity contribution in [2.45, 2.75) is 56.5 Å². The zero-order valence-corrected chi connectivity index (χ0v) is 16.8. The summed E-state index contributed by atoms with van der Waals surface area (Å²) in [5.74, 6) is 2.85. The molecule has 1 fully saturated rings. The smallest absolute Gasteiger partial charge is 0.170 e. The first kappa shape index (κ1) is 17.3. The number of thiazole rings is 1. The van der Waals surface area contributed by atoms with Gasteiger partial charge in [0, 0.05) is 23.8 Å². The highest BCUT2D eigenvalue weighted by molar-refractivity contribution is 7.09. The van der Waals surface area contributed by atoms with Gasteiger partial charge in [-0.3, -0.25) is 9.88 Å². The van der Waals surface area contributed by atoms with Crippen molar-refractivity contribution in [1.82, 2.24) is 25.1 Å². The molecule has 140 valence electrons. The van der Waals surface area contributed by atoms with Crippen LogP contribution in [-0.2, 0) is 6.54 Å². The first-order valence-corrected chi connectivity index (χ1v) is 10.9. The van der Waals surface area contributed by atoms with Gasteiger partial charge in [0.15, 0.2) is 5.82 Å². The number of rotatable bonds is 2. The van der Waals surface area contributed by atoms with Crippen LogP contribution in [0.25, 0.3) is 5.69 Å². The van der Waals surface area contributed by atoms with Gasteiger partial charge in [0.05, 0.1) is 16.4 Å². The average Bonchev–Trinajstić information content (AvgIpc) is 3.30. The van der Waals surface area contributed by atoms with E-state index in [0.29, 0.717) is 11.8 Å². The van der Waals surface area contributed by atoms with Crippen molar-refractivity contribution in [3.05, 3.63) is 57.6 Å². The molecule has 7 heteroatoms. The number of nitrogens with zero attached hydrogens (tertiary/aromatic N) is 4. The third-order valence-corrected chi connectivity index (χ3v) is 6.93. The van der Waals surface area contributed by atoms with E-state index < -0.39 is 0 Å². The summed E-state index contributed by atoms with van der Waals surface area (Å²) in [6.45, 7) is 2.82. The Balaban J connectivity index is 1.45. The van der Waals surface area contributed by atoms with Crippen molar-refractivity contribution in [2.24, 2.45) is 0 Å². The summed E-state index contributed by atoms with van der Waals surface area (Å²) >= 11 is 8.31. The van der Waals surface area contributed by atoms with Crippen LogP contribution in [0.3, 0.4) is 0 Å². The fraction of sp³-hybridized carbons (Fsp3) is 0.450. The van der Waals surface area contributed by atoms with E-state index in [1.54, 1.807) is 11.3 Å². The molecule has 1 atom stereocenters. The second-order valence-corrected chi connectivity index (χ2v) is 8.96. The SMILES string of the molecule is Cc1nc([C@H]2CC[C@H](c3nnc4n3-c3ccccc3CNC4Cl)CC2)cs1. The van der Waals surface area contributed by atoms with Crippen molar-refractivity contribution in [3.8, 4) is 5.69 Å². The number of aromatic nitrogens is 4. The molecule has 1 aliphatic carbocycles. The Hall–Kier alpha value is -1.76. The summed E-state index contributed by atoms with van der Waals surface area (Å²) in [4.78, 5) is 4.70. The van der Waals surface area contributed by atoms with Gasteiger partial charge in [0.1, 0.15) is 11.3 Å². The predicted molar refractivity (Wildman–Crippen MR) is 108 cm³/mol. The summed E-state index contributed by atoms with van der Waals surface area (Å²) in [5.41, 5.74) is 3.33. The van der Waals surface area contributed by atoms with Gasteiger partial charge < -0.3 is 0 Å². The molecule has 3 aromatic rings. The van der Waals surface area contributed by atoms with Crippen molar-refractivity contribution < 1.29 is 0 Å². The zero-order valence-electron chi connectivity index (χ0n) is 15.2. The summed E-state index contributed by atoms with van der Waals surface area (Å²) in [6.07, 6.45) is 4.53. The monoisotopic (exact) mass is 399 g/mol. The number of hydrogen-bond donors (Lipinski definition) is 1. The van der Waals surface area contributed by atoms with Gasteiger partial charge in [-0.15, -0.1) is 21.5 Å². The van der Waals surface area contributed by atoms with E-state index in [4.69, 9.17) is 16.6 Å². The van der Waals surface area contributed by atoms with Crippen LogP contribution in [0.5, 0.6) is 0 Å².